The van der Waals surface area contributed by atoms with E-state index in [0.29, 0.717) is 23.3 Å². The molecular formula is C27H27N7OS2. The summed E-state index contributed by atoms with van der Waals surface area (Å²) in [5, 5.41) is 11.9. The van der Waals surface area contributed by atoms with Gasteiger partial charge in [0.05, 0.1) is 25.2 Å². The van der Waals surface area contributed by atoms with Crippen LogP contribution in [-0.2, 0) is 0 Å². The fraction of sp³-hybridized carbons (Fsp3) is 0.111. The molecule has 0 bridgehead atoms. The SMILES string of the molecule is COc1ccccc1Nc1cc(NN=Cc2ccc(SC)cc2)nc(NN=Cc2ccc(SC)cc2)n1. The van der Waals surface area contributed by atoms with Gasteiger partial charge in [-0.2, -0.15) is 20.2 Å². The Kier molecular flexibility index (Phi) is 9.39. The van der Waals surface area contributed by atoms with Gasteiger partial charge in [-0.15, -0.1) is 23.5 Å². The van der Waals surface area contributed by atoms with Crippen molar-refractivity contribution in [1.29, 1.82) is 0 Å². The number of hydrazone groups is 2. The van der Waals surface area contributed by atoms with E-state index in [1.54, 1.807) is 49.1 Å². The molecule has 3 N–H and O–H groups in total. The summed E-state index contributed by atoms with van der Waals surface area (Å²) in [7, 11) is 1.63. The number of hydrogen-bond donors (Lipinski definition) is 3. The minimum absolute atomic E-state index is 0.305. The normalized spacial score (nSPS) is 11.1. The quantitative estimate of drug-likeness (QED) is 0.114. The molecule has 3 aromatic carbocycles. The number of benzene rings is 3. The lowest BCUT2D eigenvalue weighted by Gasteiger charge is -2.12. The first-order chi connectivity index (χ1) is 18.2. The number of hydrogen-bond acceptors (Lipinski definition) is 10. The molecule has 0 saturated heterocycles. The first-order valence-electron chi connectivity index (χ1n) is 11.3. The van der Waals surface area contributed by atoms with Gasteiger partial charge in [-0.25, -0.2) is 5.43 Å². The zero-order valence-corrected chi connectivity index (χ0v) is 22.3. The number of ether oxygens (including phenoxy) is 1. The Labute approximate surface area is 225 Å². The number of aromatic nitrogens is 2. The maximum atomic E-state index is 5.45. The van der Waals surface area contributed by atoms with Crippen LogP contribution in [0.2, 0.25) is 0 Å². The maximum Gasteiger partial charge on any atom is 0.247 e. The molecule has 4 rings (SSSR count). The van der Waals surface area contributed by atoms with Gasteiger partial charge in [0, 0.05) is 15.9 Å². The van der Waals surface area contributed by atoms with Gasteiger partial charge in [0.1, 0.15) is 11.6 Å². The molecule has 1 aromatic heterocycles. The molecule has 0 aliphatic carbocycles. The minimum Gasteiger partial charge on any atom is -0.495 e. The predicted octanol–water partition coefficient (Wildman–Crippen LogP) is 6.56. The number of nitrogens with one attached hydrogen (secondary N) is 3. The predicted molar refractivity (Wildman–Crippen MR) is 157 cm³/mol. The highest BCUT2D eigenvalue weighted by molar-refractivity contribution is 7.98. The lowest BCUT2D eigenvalue weighted by atomic mass is 10.2. The number of anilines is 4. The number of rotatable bonds is 11. The molecule has 188 valence electrons. The van der Waals surface area contributed by atoms with Crippen LogP contribution in [0.4, 0.5) is 23.3 Å². The summed E-state index contributed by atoms with van der Waals surface area (Å²) in [4.78, 5) is 11.4. The molecular weight excluding hydrogens is 502 g/mol. The topological polar surface area (TPSA) is 95.8 Å². The molecule has 0 radical (unpaired) electrons. The monoisotopic (exact) mass is 529 g/mol. The van der Waals surface area contributed by atoms with Crippen molar-refractivity contribution in [2.75, 3.05) is 35.8 Å². The Bertz CT molecular complexity index is 1280. The van der Waals surface area contributed by atoms with Gasteiger partial charge in [-0.3, -0.25) is 5.43 Å². The Morgan fingerprint density at radius 3 is 1.89 bits per heavy atom. The van der Waals surface area contributed by atoms with E-state index in [1.807, 2.05) is 61.0 Å². The molecule has 0 aliphatic rings. The number of thioether (sulfide) groups is 2. The first-order valence-corrected chi connectivity index (χ1v) is 13.8. The van der Waals surface area contributed by atoms with E-state index in [2.05, 4.69) is 60.6 Å². The fourth-order valence-corrected chi connectivity index (χ4v) is 4.04. The van der Waals surface area contributed by atoms with E-state index in [1.165, 1.54) is 9.79 Å². The summed E-state index contributed by atoms with van der Waals surface area (Å²) >= 11 is 3.39. The van der Waals surface area contributed by atoms with Crippen LogP contribution in [0.15, 0.2) is 98.9 Å². The highest BCUT2D eigenvalue weighted by Crippen LogP contribution is 2.27. The Balaban J connectivity index is 1.53. The molecule has 0 unspecified atom stereocenters. The van der Waals surface area contributed by atoms with Crippen molar-refractivity contribution in [1.82, 2.24) is 9.97 Å². The number of para-hydroxylation sites is 2. The Morgan fingerprint density at radius 2 is 1.30 bits per heavy atom. The third-order valence-electron chi connectivity index (χ3n) is 5.10. The second-order valence-corrected chi connectivity index (χ2v) is 9.33. The van der Waals surface area contributed by atoms with E-state index >= 15 is 0 Å². The van der Waals surface area contributed by atoms with Crippen LogP contribution in [0, 0.1) is 0 Å². The second kappa shape index (κ2) is 13.3. The van der Waals surface area contributed by atoms with Gasteiger partial charge in [0.25, 0.3) is 0 Å². The van der Waals surface area contributed by atoms with Gasteiger partial charge in [0.15, 0.2) is 5.82 Å². The summed E-state index contributed by atoms with van der Waals surface area (Å²) < 4.78 is 5.45. The summed E-state index contributed by atoms with van der Waals surface area (Å²) in [6, 6.07) is 25.6. The van der Waals surface area contributed by atoms with Crippen molar-refractivity contribution in [3.63, 3.8) is 0 Å². The van der Waals surface area contributed by atoms with E-state index in [4.69, 9.17) is 4.74 Å². The zero-order valence-electron chi connectivity index (χ0n) is 20.7. The van der Waals surface area contributed by atoms with Crippen LogP contribution in [0.5, 0.6) is 5.75 Å². The summed E-state index contributed by atoms with van der Waals surface area (Å²) in [6.45, 7) is 0. The van der Waals surface area contributed by atoms with Gasteiger partial charge >= 0.3 is 0 Å². The molecule has 0 fully saturated rings. The lowest BCUT2D eigenvalue weighted by molar-refractivity contribution is 0.417. The van der Waals surface area contributed by atoms with Crippen molar-refractivity contribution in [3.8, 4) is 5.75 Å². The molecule has 10 heteroatoms. The zero-order chi connectivity index (χ0) is 25.9. The van der Waals surface area contributed by atoms with Gasteiger partial charge in [-0.05, 0) is 60.0 Å². The molecule has 37 heavy (non-hydrogen) atoms. The molecule has 0 amide bonds. The maximum absolute atomic E-state index is 5.45. The molecule has 1 heterocycles. The van der Waals surface area contributed by atoms with E-state index in [0.717, 1.165) is 16.8 Å². The van der Waals surface area contributed by atoms with Crippen LogP contribution < -0.4 is 20.9 Å². The summed E-state index contributed by atoms with van der Waals surface area (Å²) in [5.41, 5.74) is 8.61. The smallest absolute Gasteiger partial charge is 0.247 e. The van der Waals surface area contributed by atoms with Crippen LogP contribution >= 0.6 is 23.5 Å². The standard InChI is InChI=1S/C27H27N7OS2/c1-35-24-7-5-4-6-23(24)30-25-16-26(33-28-17-19-8-12-21(36-2)13-9-19)32-27(31-25)34-29-18-20-10-14-22(37-3)15-11-20/h4-18H,1-3H3,(H3,30,31,32,33,34). The van der Waals surface area contributed by atoms with Gasteiger partial charge in [0.2, 0.25) is 5.95 Å². The van der Waals surface area contributed by atoms with Crippen LogP contribution in [0.3, 0.4) is 0 Å². The Morgan fingerprint density at radius 1 is 0.730 bits per heavy atom. The summed E-state index contributed by atoms with van der Waals surface area (Å²) in [5.74, 6) is 2.04. The van der Waals surface area contributed by atoms with Crippen LogP contribution in [-0.4, -0.2) is 42.0 Å². The van der Waals surface area contributed by atoms with Crippen LogP contribution in [0.1, 0.15) is 11.1 Å². The molecule has 4 aromatic rings. The van der Waals surface area contributed by atoms with Crippen LogP contribution in [0.25, 0.3) is 0 Å². The van der Waals surface area contributed by atoms with Crippen molar-refractivity contribution in [2.24, 2.45) is 10.2 Å². The van der Waals surface area contributed by atoms with Crippen molar-refractivity contribution in [2.45, 2.75) is 9.79 Å². The first kappa shape index (κ1) is 26.1. The third kappa shape index (κ3) is 7.73. The van der Waals surface area contributed by atoms with E-state index < -0.39 is 0 Å². The second-order valence-electron chi connectivity index (χ2n) is 7.57. The van der Waals surface area contributed by atoms with Crippen molar-refractivity contribution < 1.29 is 4.74 Å². The molecule has 8 nitrogen and oxygen atoms in total. The van der Waals surface area contributed by atoms with Crippen molar-refractivity contribution in [3.05, 3.63) is 90.0 Å². The number of methoxy groups -OCH3 is 1. The minimum atomic E-state index is 0.305. The average molecular weight is 530 g/mol. The highest BCUT2D eigenvalue weighted by Gasteiger charge is 2.08. The number of nitrogens with zero attached hydrogens (tertiary/aromatic N) is 4. The van der Waals surface area contributed by atoms with Crippen molar-refractivity contribution >= 4 is 59.2 Å². The van der Waals surface area contributed by atoms with Gasteiger partial charge in [-0.1, -0.05) is 36.4 Å². The average Bonchev–Trinajstić information content (AvgIpc) is 2.94. The molecule has 0 aliphatic heterocycles. The van der Waals surface area contributed by atoms with E-state index in [-0.39, 0.29) is 0 Å². The van der Waals surface area contributed by atoms with Gasteiger partial charge < -0.3 is 10.1 Å². The molecule has 0 spiro atoms. The molecule has 0 atom stereocenters. The molecule has 0 saturated carbocycles. The third-order valence-corrected chi connectivity index (χ3v) is 6.59. The van der Waals surface area contributed by atoms with E-state index in [9.17, 15) is 0 Å². The fourth-order valence-electron chi connectivity index (χ4n) is 3.22. The highest BCUT2D eigenvalue weighted by atomic mass is 32.2. The largest absolute Gasteiger partial charge is 0.495 e. The summed E-state index contributed by atoms with van der Waals surface area (Å²) in [6.07, 6.45) is 7.55. The Hall–Kier alpha value is -4.02. The lowest BCUT2D eigenvalue weighted by Crippen LogP contribution is -2.04.